The van der Waals surface area contributed by atoms with E-state index in [-0.39, 0.29) is 17.5 Å². The molecule has 0 radical (unpaired) electrons. The first-order valence-corrected chi connectivity index (χ1v) is 10.8. The predicted octanol–water partition coefficient (Wildman–Crippen LogP) is 4.07. The number of rotatable bonds is 4. The first kappa shape index (κ1) is 18.3. The smallest absolute Gasteiger partial charge is 0.280 e. The summed E-state index contributed by atoms with van der Waals surface area (Å²) in [6.07, 6.45) is 2.36. The molecule has 2 amide bonds. The van der Waals surface area contributed by atoms with Crippen LogP contribution in [0.15, 0.2) is 54.6 Å². The maximum atomic E-state index is 13.4. The average molecular weight is 410 g/mol. The summed E-state index contributed by atoms with van der Waals surface area (Å²) < 4.78 is 0. The van der Waals surface area contributed by atoms with Crippen molar-refractivity contribution in [2.45, 2.75) is 12.8 Å². The molecule has 4 aromatic rings. The summed E-state index contributed by atoms with van der Waals surface area (Å²) in [5.41, 5.74) is 4.04. The fraction of sp³-hybridized carbons (Fsp3) is 0.240. The molecule has 0 unspecified atom stereocenters. The van der Waals surface area contributed by atoms with Gasteiger partial charge in [-0.25, -0.2) is 4.98 Å². The molecule has 1 N–H and O–H groups in total. The monoisotopic (exact) mass is 410 g/mol. The van der Waals surface area contributed by atoms with Crippen LogP contribution >= 0.6 is 0 Å². The number of carbonyl (C=O) groups is 2. The molecule has 1 saturated heterocycles. The highest BCUT2D eigenvalue weighted by molar-refractivity contribution is 6.30. The molecule has 6 rings (SSSR count). The van der Waals surface area contributed by atoms with E-state index in [1.165, 1.54) is 17.7 Å². The van der Waals surface area contributed by atoms with Gasteiger partial charge in [-0.15, -0.1) is 0 Å². The Morgan fingerprint density at radius 3 is 2.39 bits per heavy atom. The largest absolute Gasteiger partial charge is 0.353 e. The van der Waals surface area contributed by atoms with Crippen molar-refractivity contribution >= 4 is 33.6 Å². The zero-order valence-corrected chi connectivity index (χ0v) is 17.1. The maximum absolute atomic E-state index is 13.4. The number of hydrogen-bond acceptors (Lipinski definition) is 4. The van der Waals surface area contributed by atoms with E-state index in [4.69, 9.17) is 4.98 Å². The van der Waals surface area contributed by atoms with Crippen LogP contribution in [0.5, 0.6) is 0 Å². The van der Waals surface area contributed by atoms with Gasteiger partial charge in [0.15, 0.2) is 0 Å². The van der Waals surface area contributed by atoms with E-state index >= 15 is 0 Å². The molecule has 31 heavy (non-hydrogen) atoms. The van der Waals surface area contributed by atoms with Crippen molar-refractivity contribution in [3.63, 3.8) is 0 Å². The average Bonchev–Trinajstić information content (AvgIpc) is 3.51. The van der Waals surface area contributed by atoms with Gasteiger partial charge in [0.2, 0.25) is 0 Å². The van der Waals surface area contributed by atoms with Gasteiger partial charge in [0, 0.05) is 34.9 Å². The Balaban J connectivity index is 1.54. The van der Waals surface area contributed by atoms with Crippen LogP contribution in [0.1, 0.15) is 33.7 Å². The lowest BCUT2D eigenvalue weighted by atomic mass is 10.0. The summed E-state index contributed by atoms with van der Waals surface area (Å²) in [5.74, 6) is -0.523. The molecular weight excluding hydrogens is 388 g/mol. The van der Waals surface area contributed by atoms with Crippen molar-refractivity contribution in [2.24, 2.45) is 0 Å². The first-order chi connectivity index (χ1) is 15.2. The molecule has 2 aromatic heterocycles. The van der Waals surface area contributed by atoms with Crippen LogP contribution in [-0.4, -0.2) is 57.8 Å². The molecule has 6 heteroatoms. The Labute approximate surface area is 179 Å². The number of carbonyl (C=O) groups excluding carboxylic acids is 2. The lowest BCUT2D eigenvalue weighted by Crippen LogP contribution is -2.37. The fourth-order valence-corrected chi connectivity index (χ4v) is 4.89. The first-order valence-electron chi connectivity index (χ1n) is 10.8. The molecule has 2 aliphatic rings. The van der Waals surface area contributed by atoms with E-state index in [1.807, 2.05) is 54.6 Å². The normalized spacial score (nSPS) is 16.7. The summed E-state index contributed by atoms with van der Waals surface area (Å²) in [5, 5.41) is 1.73. The summed E-state index contributed by atoms with van der Waals surface area (Å²) >= 11 is 0. The number of aromatic nitrogens is 2. The second kappa shape index (κ2) is 7.03. The number of nitrogens with zero attached hydrogens (tertiary/aromatic N) is 3. The molecule has 4 heterocycles. The summed E-state index contributed by atoms with van der Waals surface area (Å²) in [7, 11) is 0. The number of para-hydroxylation sites is 1. The minimum atomic E-state index is -0.288. The van der Waals surface area contributed by atoms with Gasteiger partial charge in [-0.2, -0.15) is 0 Å². The maximum Gasteiger partial charge on any atom is 0.280 e. The van der Waals surface area contributed by atoms with E-state index in [0.717, 1.165) is 40.5 Å². The summed E-state index contributed by atoms with van der Waals surface area (Å²) in [4.78, 5) is 38.7. The molecule has 1 fully saturated rings. The molecule has 0 aliphatic carbocycles. The Morgan fingerprint density at radius 1 is 0.839 bits per heavy atom. The number of imide groups is 1. The van der Waals surface area contributed by atoms with Crippen LogP contribution in [0.4, 0.5) is 0 Å². The number of pyridine rings is 1. The van der Waals surface area contributed by atoms with Gasteiger partial charge in [0.25, 0.3) is 11.8 Å². The van der Waals surface area contributed by atoms with Gasteiger partial charge in [-0.3, -0.25) is 14.5 Å². The zero-order valence-electron chi connectivity index (χ0n) is 17.1. The lowest BCUT2D eigenvalue weighted by molar-refractivity contribution is 0.0639. The number of fused-ring (bicyclic) bond motifs is 5. The Bertz CT molecular complexity index is 1340. The van der Waals surface area contributed by atoms with Crippen molar-refractivity contribution in [3.05, 3.63) is 65.9 Å². The fourth-order valence-electron chi connectivity index (χ4n) is 4.89. The highest BCUT2D eigenvalue weighted by Gasteiger charge is 2.40. The van der Waals surface area contributed by atoms with Gasteiger partial charge in [0.05, 0.1) is 16.8 Å². The number of likely N-dealkylation sites (tertiary alicyclic amines) is 1. The zero-order chi connectivity index (χ0) is 20.9. The standard InChI is InChI=1S/C25H22N4O2/c30-24-20-19-17-10-4-5-11-18(17)26-22(19)21(16-8-2-1-3-9-16)27-23(20)25(31)29(24)15-14-28-12-6-7-13-28/h1-5,8-11,26H,6-7,12-15H2. The van der Waals surface area contributed by atoms with Crippen molar-refractivity contribution in [1.29, 1.82) is 0 Å². The molecule has 0 atom stereocenters. The number of H-pyrrole nitrogens is 1. The minimum absolute atomic E-state index is 0.235. The topological polar surface area (TPSA) is 69.3 Å². The second-order valence-electron chi connectivity index (χ2n) is 8.28. The third-order valence-electron chi connectivity index (χ3n) is 6.45. The van der Waals surface area contributed by atoms with Gasteiger partial charge in [0.1, 0.15) is 5.69 Å². The molecular formula is C25H22N4O2. The number of aromatic amines is 1. The highest BCUT2D eigenvalue weighted by Crippen LogP contribution is 2.38. The number of hydrogen-bond donors (Lipinski definition) is 1. The summed E-state index contributed by atoms with van der Waals surface area (Å²) in [6.45, 7) is 3.19. The van der Waals surface area contributed by atoms with Gasteiger partial charge < -0.3 is 9.88 Å². The Morgan fingerprint density at radius 2 is 1.58 bits per heavy atom. The van der Waals surface area contributed by atoms with Gasteiger partial charge in [-0.05, 0) is 32.0 Å². The Hall–Kier alpha value is -3.51. The number of amides is 2. The third kappa shape index (κ3) is 2.79. The SMILES string of the molecule is O=C1c2nc(-c3ccccc3)c3[nH]c4ccccc4c3c2C(=O)N1CCN1CCCC1. The molecule has 6 nitrogen and oxygen atoms in total. The van der Waals surface area contributed by atoms with Crippen molar-refractivity contribution in [2.75, 3.05) is 26.2 Å². The van der Waals surface area contributed by atoms with Crippen molar-refractivity contribution in [3.8, 4) is 11.3 Å². The second-order valence-corrected chi connectivity index (χ2v) is 8.28. The van der Waals surface area contributed by atoms with E-state index < -0.39 is 0 Å². The molecule has 2 aliphatic heterocycles. The van der Waals surface area contributed by atoms with Crippen LogP contribution in [0.2, 0.25) is 0 Å². The molecule has 0 saturated carbocycles. The molecule has 0 spiro atoms. The predicted molar refractivity (Wildman–Crippen MR) is 120 cm³/mol. The van der Waals surface area contributed by atoms with Gasteiger partial charge in [-0.1, -0.05) is 48.5 Å². The van der Waals surface area contributed by atoms with Crippen LogP contribution < -0.4 is 0 Å². The Kier molecular flexibility index (Phi) is 4.14. The van der Waals surface area contributed by atoms with Crippen LogP contribution in [0, 0.1) is 0 Å². The van der Waals surface area contributed by atoms with E-state index in [2.05, 4.69) is 9.88 Å². The number of nitrogens with one attached hydrogen (secondary N) is 1. The van der Waals surface area contributed by atoms with Crippen molar-refractivity contribution in [1.82, 2.24) is 19.8 Å². The molecule has 154 valence electrons. The number of benzene rings is 2. The third-order valence-corrected chi connectivity index (χ3v) is 6.45. The van der Waals surface area contributed by atoms with Crippen LogP contribution in [0.3, 0.4) is 0 Å². The summed E-state index contributed by atoms with van der Waals surface area (Å²) in [6, 6.07) is 17.7. The van der Waals surface area contributed by atoms with Crippen LogP contribution in [0.25, 0.3) is 33.1 Å². The quantitative estimate of drug-likeness (QED) is 0.515. The highest BCUT2D eigenvalue weighted by atomic mass is 16.2. The van der Waals surface area contributed by atoms with Crippen LogP contribution in [-0.2, 0) is 0 Å². The lowest BCUT2D eigenvalue weighted by Gasteiger charge is -2.19. The molecule has 2 aromatic carbocycles. The van der Waals surface area contributed by atoms with E-state index in [0.29, 0.717) is 24.3 Å². The molecule has 0 bridgehead atoms. The van der Waals surface area contributed by atoms with E-state index in [1.54, 1.807) is 0 Å². The minimum Gasteiger partial charge on any atom is -0.353 e. The van der Waals surface area contributed by atoms with Crippen molar-refractivity contribution < 1.29 is 9.59 Å². The van der Waals surface area contributed by atoms with Gasteiger partial charge >= 0.3 is 0 Å². The van der Waals surface area contributed by atoms with E-state index in [9.17, 15) is 9.59 Å².